The summed E-state index contributed by atoms with van der Waals surface area (Å²) in [6.07, 6.45) is 8.53. The Kier molecular flexibility index (Phi) is 5.00. The molecule has 140 valence electrons. The first kappa shape index (κ1) is 18.1. The Morgan fingerprint density at radius 3 is 2.79 bits per heavy atom. The van der Waals surface area contributed by atoms with Gasteiger partial charge in [0.15, 0.2) is 0 Å². The van der Waals surface area contributed by atoms with Crippen LogP contribution in [0.5, 0.6) is 5.75 Å². The largest absolute Gasteiger partial charge is 0.481 e. The Morgan fingerprint density at radius 2 is 2.07 bits per heavy atom. The van der Waals surface area contributed by atoms with Gasteiger partial charge in [0.25, 0.3) is 5.95 Å². The Bertz CT molecular complexity index is 1040. The third-order valence-corrected chi connectivity index (χ3v) is 5.52. The van der Waals surface area contributed by atoms with Crippen molar-refractivity contribution in [3.63, 3.8) is 0 Å². The third kappa shape index (κ3) is 3.44. The average molecular weight is 391 g/mol. The number of nitrogens with zero attached hydrogens (tertiary/aromatic N) is 4. The molecule has 0 radical (unpaired) electrons. The lowest BCUT2D eigenvalue weighted by atomic mass is 10.0. The van der Waals surface area contributed by atoms with E-state index < -0.39 is 0 Å². The van der Waals surface area contributed by atoms with Crippen molar-refractivity contribution >= 4 is 23.5 Å². The first-order chi connectivity index (χ1) is 13.7. The normalized spacial score (nSPS) is 15.9. The van der Waals surface area contributed by atoms with Gasteiger partial charge in [-0.3, -0.25) is 4.79 Å². The fraction of sp³-hybridized carbons (Fsp3) is 0.200. The number of amides is 1. The number of rotatable bonds is 4. The summed E-state index contributed by atoms with van der Waals surface area (Å²) in [6, 6.07) is 9.47. The first-order valence-electron chi connectivity index (χ1n) is 8.62. The van der Waals surface area contributed by atoms with Crippen molar-refractivity contribution in [1.29, 1.82) is 0 Å². The van der Waals surface area contributed by atoms with Crippen LogP contribution in [-0.2, 0) is 4.79 Å². The van der Waals surface area contributed by atoms with E-state index in [0.29, 0.717) is 23.3 Å². The lowest BCUT2D eigenvalue weighted by Crippen LogP contribution is -2.16. The molecule has 8 heteroatoms. The van der Waals surface area contributed by atoms with Crippen molar-refractivity contribution in [2.75, 3.05) is 17.7 Å². The van der Waals surface area contributed by atoms with Crippen LogP contribution in [0.1, 0.15) is 22.1 Å². The van der Waals surface area contributed by atoms with Gasteiger partial charge in [-0.1, -0.05) is 18.1 Å². The number of terminal acetylenes is 1. The zero-order chi connectivity index (χ0) is 19.5. The summed E-state index contributed by atoms with van der Waals surface area (Å²) >= 11 is 1.55. The molecule has 1 amide bonds. The van der Waals surface area contributed by atoms with Gasteiger partial charge >= 0.3 is 0 Å². The van der Waals surface area contributed by atoms with E-state index in [2.05, 4.69) is 26.3 Å². The minimum absolute atomic E-state index is 0.0619. The van der Waals surface area contributed by atoms with Gasteiger partial charge < -0.3 is 10.1 Å². The van der Waals surface area contributed by atoms with E-state index >= 15 is 0 Å². The summed E-state index contributed by atoms with van der Waals surface area (Å²) < 4.78 is 7.04. The van der Waals surface area contributed by atoms with E-state index in [4.69, 9.17) is 11.2 Å². The van der Waals surface area contributed by atoms with Crippen molar-refractivity contribution in [2.45, 2.75) is 12.2 Å². The molecule has 0 fully saturated rings. The van der Waals surface area contributed by atoms with Crippen LogP contribution in [0, 0.1) is 19.3 Å². The Labute approximate surface area is 166 Å². The highest BCUT2D eigenvalue weighted by Crippen LogP contribution is 2.43. The molecule has 28 heavy (non-hydrogen) atoms. The van der Waals surface area contributed by atoms with E-state index in [9.17, 15) is 4.79 Å². The SMILES string of the molecule is C#CCOc1ccc(C2SCC(=O)Nc3c2c(C)nn3-c2ncccn2)cc1. The lowest BCUT2D eigenvalue weighted by Gasteiger charge is -2.15. The minimum Gasteiger partial charge on any atom is -0.481 e. The summed E-state index contributed by atoms with van der Waals surface area (Å²) in [7, 11) is 0. The third-order valence-electron chi connectivity index (χ3n) is 4.25. The molecule has 1 aliphatic heterocycles. The molecule has 1 N–H and O–H groups in total. The quantitative estimate of drug-likeness (QED) is 0.689. The summed E-state index contributed by atoms with van der Waals surface area (Å²) in [5.74, 6) is 4.43. The summed E-state index contributed by atoms with van der Waals surface area (Å²) in [5, 5.41) is 7.49. The van der Waals surface area contributed by atoms with E-state index in [-0.39, 0.29) is 17.8 Å². The second-order valence-electron chi connectivity index (χ2n) is 6.11. The van der Waals surface area contributed by atoms with Crippen LogP contribution in [0.2, 0.25) is 0 Å². The van der Waals surface area contributed by atoms with Crippen molar-refractivity contribution < 1.29 is 9.53 Å². The standard InChI is InChI=1S/C20H17N5O2S/c1-3-11-27-15-7-5-14(6-8-15)18-17-13(2)24-25(20-21-9-4-10-22-20)19(17)23-16(26)12-28-18/h1,4-10,18H,11-12H2,2H3,(H,23,26). The van der Waals surface area contributed by atoms with Crippen molar-refractivity contribution in [1.82, 2.24) is 19.7 Å². The smallest absolute Gasteiger partial charge is 0.252 e. The van der Waals surface area contributed by atoms with Gasteiger partial charge in [-0.15, -0.1) is 18.2 Å². The van der Waals surface area contributed by atoms with Crippen LogP contribution in [-0.4, -0.2) is 38.0 Å². The maximum absolute atomic E-state index is 12.3. The van der Waals surface area contributed by atoms with Crippen molar-refractivity contribution in [2.24, 2.45) is 0 Å². The molecular weight excluding hydrogens is 374 g/mol. The highest BCUT2D eigenvalue weighted by atomic mass is 32.2. The van der Waals surface area contributed by atoms with Gasteiger partial charge in [-0.05, 0) is 30.7 Å². The average Bonchev–Trinajstić information content (AvgIpc) is 2.93. The van der Waals surface area contributed by atoms with E-state index in [1.807, 2.05) is 31.2 Å². The van der Waals surface area contributed by atoms with E-state index in [1.54, 1.807) is 34.9 Å². The molecule has 1 aromatic carbocycles. The van der Waals surface area contributed by atoms with Gasteiger partial charge in [0.05, 0.1) is 16.7 Å². The molecule has 0 aliphatic carbocycles. The second-order valence-corrected chi connectivity index (χ2v) is 7.20. The highest BCUT2D eigenvalue weighted by molar-refractivity contribution is 8.00. The molecular formula is C20H17N5O2S. The number of fused-ring (bicyclic) bond motifs is 1. The lowest BCUT2D eigenvalue weighted by molar-refractivity contribution is -0.113. The van der Waals surface area contributed by atoms with Crippen LogP contribution in [0.15, 0.2) is 42.7 Å². The summed E-state index contributed by atoms with van der Waals surface area (Å²) in [6.45, 7) is 2.15. The number of thioether (sulfide) groups is 1. The Balaban J connectivity index is 1.77. The highest BCUT2D eigenvalue weighted by Gasteiger charge is 2.31. The molecule has 7 nitrogen and oxygen atoms in total. The number of aryl methyl sites for hydroxylation is 1. The molecule has 1 atom stereocenters. The van der Waals surface area contributed by atoms with Gasteiger partial charge in [0, 0.05) is 18.0 Å². The van der Waals surface area contributed by atoms with E-state index in [0.717, 1.165) is 16.8 Å². The predicted octanol–water partition coefficient (Wildman–Crippen LogP) is 2.76. The van der Waals surface area contributed by atoms with Crippen LogP contribution < -0.4 is 10.1 Å². The Morgan fingerprint density at radius 1 is 1.32 bits per heavy atom. The number of carbonyl (C=O) groups excluding carboxylic acids is 1. The monoisotopic (exact) mass is 391 g/mol. The molecule has 3 aromatic rings. The van der Waals surface area contributed by atoms with Crippen LogP contribution in [0.4, 0.5) is 5.82 Å². The van der Waals surface area contributed by atoms with Crippen molar-refractivity contribution in [3.05, 3.63) is 59.5 Å². The second kappa shape index (κ2) is 7.74. The number of nitrogens with one attached hydrogen (secondary N) is 1. The number of benzene rings is 1. The van der Waals surface area contributed by atoms with Crippen LogP contribution >= 0.6 is 11.8 Å². The van der Waals surface area contributed by atoms with E-state index in [1.165, 1.54) is 0 Å². The van der Waals surface area contributed by atoms with Gasteiger partial charge in [-0.25, -0.2) is 9.97 Å². The molecule has 3 heterocycles. The minimum atomic E-state index is -0.0835. The summed E-state index contributed by atoms with van der Waals surface area (Å²) in [4.78, 5) is 20.9. The first-order valence-corrected chi connectivity index (χ1v) is 9.67. The number of aromatic nitrogens is 4. The van der Waals surface area contributed by atoms with Gasteiger partial charge in [0.2, 0.25) is 5.91 Å². The molecule has 1 aliphatic rings. The molecule has 0 saturated heterocycles. The number of hydrogen-bond donors (Lipinski definition) is 1. The topological polar surface area (TPSA) is 81.9 Å². The maximum Gasteiger partial charge on any atom is 0.252 e. The zero-order valence-electron chi connectivity index (χ0n) is 15.1. The number of carbonyl (C=O) groups is 1. The summed E-state index contributed by atoms with van der Waals surface area (Å²) in [5.41, 5.74) is 2.81. The van der Waals surface area contributed by atoms with Crippen LogP contribution in [0.25, 0.3) is 5.95 Å². The molecule has 2 aromatic heterocycles. The molecule has 0 bridgehead atoms. The number of hydrogen-bond acceptors (Lipinski definition) is 6. The van der Waals surface area contributed by atoms with Crippen LogP contribution in [0.3, 0.4) is 0 Å². The fourth-order valence-electron chi connectivity index (χ4n) is 3.06. The van der Waals surface area contributed by atoms with Gasteiger partial charge in [0.1, 0.15) is 18.2 Å². The predicted molar refractivity (Wildman–Crippen MR) is 108 cm³/mol. The molecule has 0 saturated carbocycles. The maximum atomic E-state index is 12.3. The number of anilines is 1. The molecule has 1 unspecified atom stereocenters. The fourth-order valence-corrected chi connectivity index (χ4v) is 4.24. The van der Waals surface area contributed by atoms with Crippen molar-refractivity contribution in [3.8, 4) is 24.0 Å². The molecule has 0 spiro atoms. The van der Waals surface area contributed by atoms with Gasteiger partial charge in [-0.2, -0.15) is 9.78 Å². The zero-order valence-corrected chi connectivity index (χ0v) is 15.9. The molecule has 4 rings (SSSR count). The number of ether oxygens (including phenoxy) is 1. The Hall–Kier alpha value is -3.31.